The molecule has 0 bridgehead atoms. The highest BCUT2D eigenvalue weighted by atomic mass is 32.2. The van der Waals surface area contributed by atoms with Gasteiger partial charge in [0, 0.05) is 24.8 Å². The van der Waals surface area contributed by atoms with Crippen molar-refractivity contribution in [3.63, 3.8) is 0 Å². The number of β-lactam (4-membered cyclic amide) rings is 1. The number of nitrogens with zero attached hydrogens (tertiary/aromatic N) is 2. The topological polar surface area (TPSA) is 140 Å². The number of imidazole rings is 1. The van der Waals surface area contributed by atoms with Gasteiger partial charge in [-0.25, -0.2) is 9.78 Å². The van der Waals surface area contributed by atoms with Crippen LogP contribution in [0, 0.1) is 0 Å². The molecule has 1 aromatic heterocycles. The molecule has 0 saturated carbocycles. The van der Waals surface area contributed by atoms with E-state index in [0.717, 1.165) is 16.6 Å². The van der Waals surface area contributed by atoms with Gasteiger partial charge in [-0.3, -0.25) is 14.5 Å². The van der Waals surface area contributed by atoms with Crippen molar-refractivity contribution in [2.45, 2.75) is 51.3 Å². The van der Waals surface area contributed by atoms with Gasteiger partial charge in [-0.15, -0.1) is 11.8 Å². The Balaban J connectivity index is 1.57. The molecule has 10 nitrogen and oxygen atoms in total. The molecule has 2 aromatic rings. The van der Waals surface area contributed by atoms with E-state index >= 15 is 0 Å². The van der Waals surface area contributed by atoms with Gasteiger partial charge in [0.25, 0.3) is 5.91 Å². The van der Waals surface area contributed by atoms with Crippen LogP contribution in [0.2, 0.25) is 0 Å². The van der Waals surface area contributed by atoms with Crippen LogP contribution in [0.5, 0.6) is 0 Å². The van der Waals surface area contributed by atoms with E-state index in [9.17, 15) is 14.4 Å². The second kappa shape index (κ2) is 8.71. The summed E-state index contributed by atoms with van der Waals surface area (Å²) in [7, 11) is 0. The molecule has 1 fully saturated rings. The fraction of sp³-hybridized carbons (Fsp3) is 0.455. The van der Waals surface area contributed by atoms with Gasteiger partial charge in [-0.2, -0.15) is 0 Å². The zero-order valence-electron chi connectivity index (χ0n) is 18.9. The molecular weight excluding hydrogens is 446 g/mol. The number of benzene rings is 1. The van der Waals surface area contributed by atoms with E-state index in [1.807, 2.05) is 18.2 Å². The van der Waals surface area contributed by atoms with Crippen LogP contribution in [-0.4, -0.2) is 62.1 Å². The van der Waals surface area contributed by atoms with Crippen molar-refractivity contribution >= 4 is 46.6 Å². The number of amides is 1. The number of H-pyrrole nitrogens is 1. The van der Waals surface area contributed by atoms with Crippen molar-refractivity contribution in [3.05, 3.63) is 35.0 Å². The molecule has 2 aliphatic rings. The predicted molar refractivity (Wildman–Crippen MR) is 124 cm³/mol. The minimum Gasteiger partial charge on any atom is -0.461 e. The first-order chi connectivity index (χ1) is 15.6. The Morgan fingerprint density at radius 2 is 2.12 bits per heavy atom. The number of rotatable bonds is 6. The third-order valence-electron chi connectivity index (χ3n) is 5.16. The molecule has 2 atom stereocenters. The highest BCUT2D eigenvalue weighted by Crippen LogP contribution is 2.42. The van der Waals surface area contributed by atoms with E-state index in [1.165, 1.54) is 23.6 Å². The first-order valence-corrected chi connectivity index (χ1v) is 11.6. The minimum absolute atomic E-state index is 0.0709. The quantitative estimate of drug-likeness (QED) is 0.424. The maximum Gasteiger partial charge on any atom is 0.355 e. The van der Waals surface area contributed by atoms with Crippen LogP contribution in [0.3, 0.4) is 0 Å². The van der Waals surface area contributed by atoms with E-state index < -0.39 is 23.6 Å². The average molecular weight is 474 g/mol. The maximum absolute atomic E-state index is 13.1. The van der Waals surface area contributed by atoms with Crippen LogP contribution in [0.15, 0.2) is 29.5 Å². The van der Waals surface area contributed by atoms with Gasteiger partial charge >= 0.3 is 11.9 Å². The van der Waals surface area contributed by atoms with Crippen molar-refractivity contribution in [3.8, 4) is 0 Å². The van der Waals surface area contributed by atoms with Crippen molar-refractivity contribution in [2.24, 2.45) is 5.73 Å². The third-order valence-corrected chi connectivity index (χ3v) is 6.50. The van der Waals surface area contributed by atoms with Gasteiger partial charge < -0.3 is 25.5 Å². The SMILES string of the molecule is CC(=O)OCC1=C(C(=O)OC(C)(C)C)N2C(=O)C(Nc3nc4cc(CN)ccc4[nH]3)[C@@H]2SC1. The van der Waals surface area contributed by atoms with Gasteiger partial charge in [0.2, 0.25) is 5.95 Å². The van der Waals surface area contributed by atoms with Crippen molar-refractivity contribution in [1.29, 1.82) is 0 Å². The standard InChI is InChI=1S/C22H27N5O5S/c1-11(28)31-9-13-10-33-19-16(18(29)27(19)17(13)20(30)32-22(2,3)4)26-21-24-14-6-5-12(8-23)7-15(14)25-21/h5-7,16,19H,8-10,23H2,1-4H3,(H2,24,25,26)/t16?,19-/m0/s1. The van der Waals surface area contributed by atoms with Crippen LogP contribution in [0.1, 0.15) is 33.3 Å². The first kappa shape index (κ1) is 23.1. The lowest BCUT2D eigenvalue weighted by molar-refractivity contribution is -0.157. The third kappa shape index (κ3) is 4.69. The molecule has 2 aliphatic heterocycles. The second-order valence-electron chi connectivity index (χ2n) is 8.91. The van der Waals surface area contributed by atoms with Gasteiger partial charge in [-0.05, 0) is 38.5 Å². The molecule has 0 aliphatic carbocycles. The fourth-order valence-corrected chi connectivity index (χ4v) is 5.02. The number of fused-ring (bicyclic) bond motifs is 2. The van der Waals surface area contributed by atoms with E-state index in [0.29, 0.717) is 23.8 Å². The summed E-state index contributed by atoms with van der Waals surface area (Å²) in [4.78, 5) is 46.5. The van der Waals surface area contributed by atoms with Crippen LogP contribution in [-0.2, 0) is 30.4 Å². The van der Waals surface area contributed by atoms with Crippen LogP contribution < -0.4 is 11.1 Å². The number of anilines is 1. The molecule has 3 heterocycles. The number of carbonyl (C=O) groups excluding carboxylic acids is 3. The zero-order valence-corrected chi connectivity index (χ0v) is 19.7. The molecule has 0 radical (unpaired) electrons. The number of ether oxygens (including phenoxy) is 2. The Morgan fingerprint density at radius 1 is 1.36 bits per heavy atom. The lowest BCUT2D eigenvalue weighted by Crippen LogP contribution is -2.68. The Morgan fingerprint density at radius 3 is 2.79 bits per heavy atom. The summed E-state index contributed by atoms with van der Waals surface area (Å²) in [6.45, 7) is 6.91. The number of hydrogen-bond donors (Lipinski definition) is 3. The Labute approximate surface area is 195 Å². The molecule has 0 spiro atoms. The summed E-state index contributed by atoms with van der Waals surface area (Å²) in [6, 6.07) is 5.13. The lowest BCUT2D eigenvalue weighted by Gasteiger charge is -2.49. The second-order valence-corrected chi connectivity index (χ2v) is 10.0. The maximum atomic E-state index is 13.1. The molecular formula is C22H27N5O5S. The highest BCUT2D eigenvalue weighted by molar-refractivity contribution is 8.00. The molecule has 1 aromatic carbocycles. The molecule has 1 saturated heterocycles. The number of esters is 2. The molecule has 4 rings (SSSR count). The summed E-state index contributed by atoms with van der Waals surface area (Å²) in [5.41, 5.74) is 8.19. The van der Waals surface area contributed by atoms with Crippen LogP contribution in [0.25, 0.3) is 11.0 Å². The summed E-state index contributed by atoms with van der Waals surface area (Å²) in [5.74, 6) is -0.466. The van der Waals surface area contributed by atoms with E-state index in [2.05, 4.69) is 15.3 Å². The Hall–Kier alpha value is -3.05. The molecule has 1 unspecified atom stereocenters. The van der Waals surface area contributed by atoms with E-state index in [-0.39, 0.29) is 23.6 Å². The first-order valence-electron chi connectivity index (χ1n) is 10.6. The lowest BCUT2D eigenvalue weighted by atomic mass is 10.0. The molecule has 1 amide bonds. The number of thioether (sulfide) groups is 1. The number of nitrogens with one attached hydrogen (secondary N) is 2. The normalized spacial score (nSPS) is 20.4. The average Bonchev–Trinajstić information content (AvgIpc) is 3.15. The summed E-state index contributed by atoms with van der Waals surface area (Å²) < 4.78 is 10.7. The highest BCUT2D eigenvalue weighted by Gasteiger charge is 2.54. The molecule has 4 N–H and O–H groups in total. The van der Waals surface area contributed by atoms with E-state index in [4.69, 9.17) is 15.2 Å². The number of aromatic nitrogens is 2. The van der Waals surface area contributed by atoms with Crippen LogP contribution in [0.4, 0.5) is 5.95 Å². The summed E-state index contributed by atoms with van der Waals surface area (Å²) in [6.07, 6.45) is 0. The Kier molecular flexibility index (Phi) is 6.10. The zero-order chi connectivity index (χ0) is 23.9. The van der Waals surface area contributed by atoms with Gasteiger partial charge in [0.15, 0.2) is 0 Å². The summed E-state index contributed by atoms with van der Waals surface area (Å²) >= 11 is 1.48. The Bertz CT molecular complexity index is 1150. The monoisotopic (exact) mass is 473 g/mol. The molecule has 33 heavy (non-hydrogen) atoms. The number of carbonyl (C=O) groups is 3. The van der Waals surface area contributed by atoms with E-state index in [1.54, 1.807) is 20.8 Å². The van der Waals surface area contributed by atoms with Crippen molar-refractivity contribution < 1.29 is 23.9 Å². The van der Waals surface area contributed by atoms with Crippen LogP contribution >= 0.6 is 11.8 Å². The smallest absolute Gasteiger partial charge is 0.355 e. The number of hydrogen-bond acceptors (Lipinski definition) is 9. The largest absolute Gasteiger partial charge is 0.461 e. The minimum atomic E-state index is -0.737. The number of nitrogens with two attached hydrogens (primary N) is 1. The van der Waals surface area contributed by atoms with Crippen molar-refractivity contribution in [2.75, 3.05) is 17.7 Å². The fourth-order valence-electron chi connectivity index (χ4n) is 3.69. The summed E-state index contributed by atoms with van der Waals surface area (Å²) in [5, 5.41) is 2.83. The molecule has 176 valence electrons. The van der Waals surface area contributed by atoms with Gasteiger partial charge in [0.1, 0.15) is 29.3 Å². The van der Waals surface area contributed by atoms with Crippen molar-refractivity contribution in [1.82, 2.24) is 14.9 Å². The van der Waals surface area contributed by atoms with Gasteiger partial charge in [0.05, 0.1) is 11.0 Å². The molecule has 11 heteroatoms. The van der Waals surface area contributed by atoms with Gasteiger partial charge in [-0.1, -0.05) is 6.07 Å². The number of aromatic amines is 1. The predicted octanol–water partition coefficient (Wildman–Crippen LogP) is 1.88.